The highest BCUT2D eigenvalue weighted by molar-refractivity contribution is 5.98. The number of likely N-dealkylation sites (tertiary alicyclic amines) is 1. The van der Waals surface area contributed by atoms with Gasteiger partial charge in [-0.1, -0.05) is 54.6 Å². The van der Waals surface area contributed by atoms with Crippen LogP contribution in [0.3, 0.4) is 0 Å². The minimum absolute atomic E-state index is 0.0187. The third-order valence-electron chi connectivity index (χ3n) is 7.44. The zero-order chi connectivity index (χ0) is 23.9. The van der Waals surface area contributed by atoms with Gasteiger partial charge in [0.1, 0.15) is 12.1 Å². The van der Waals surface area contributed by atoms with Crippen LogP contribution >= 0.6 is 0 Å². The molecule has 7 heteroatoms. The van der Waals surface area contributed by atoms with Crippen LogP contribution in [0.2, 0.25) is 0 Å². The van der Waals surface area contributed by atoms with E-state index in [2.05, 4.69) is 29.6 Å². The molecule has 0 radical (unpaired) electrons. The van der Waals surface area contributed by atoms with Gasteiger partial charge in [-0.2, -0.15) is 0 Å². The van der Waals surface area contributed by atoms with Crippen molar-refractivity contribution in [2.45, 2.75) is 37.6 Å². The number of hydrogen-bond acceptors (Lipinski definition) is 4. The molecule has 34 heavy (non-hydrogen) atoms. The van der Waals surface area contributed by atoms with Gasteiger partial charge in [0.15, 0.2) is 0 Å². The maximum Gasteiger partial charge on any atom is 0.407 e. The van der Waals surface area contributed by atoms with E-state index in [0.29, 0.717) is 18.5 Å². The molecule has 0 bridgehead atoms. The quantitative estimate of drug-likeness (QED) is 0.637. The van der Waals surface area contributed by atoms with Gasteiger partial charge in [0, 0.05) is 24.6 Å². The molecule has 2 atom stereocenters. The summed E-state index contributed by atoms with van der Waals surface area (Å²) in [6.45, 7) is 2.46. The second kappa shape index (κ2) is 8.63. The van der Waals surface area contributed by atoms with Gasteiger partial charge in [0.05, 0.1) is 0 Å². The Labute approximate surface area is 198 Å². The predicted octanol–water partition coefficient (Wildman–Crippen LogP) is 3.94. The number of aliphatic carboxylic acids is 1. The van der Waals surface area contributed by atoms with Crippen molar-refractivity contribution < 1.29 is 24.2 Å². The number of rotatable bonds is 6. The first-order valence-electron chi connectivity index (χ1n) is 11.7. The Kier molecular flexibility index (Phi) is 5.63. The number of nitrogens with zero attached hydrogens (tertiary/aromatic N) is 1. The maximum absolute atomic E-state index is 12.9. The Morgan fingerprint density at radius 2 is 1.76 bits per heavy atom. The summed E-state index contributed by atoms with van der Waals surface area (Å²) < 4.78 is 5.52. The lowest BCUT2D eigenvalue weighted by Crippen LogP contribution is -2.51. The van der Waals surface area contributed by atoms with E-state index in [1.54, 1.807) is 13.0 Å². The Hall–Kier alpha value is -3.61. The number of carboxylic acids is 1. The Balaban J connectivity index is 1.17. The van der Waals surface area contributed by atoms with Crippen molar-refractivity contribution in [2.24, 2.45) is 5.92 Å². The summed E-state index contributed by atoms with van der Waals surface area (Å²) in [7, 11) is 0. The van der Waals surface area contributed by atoms with Crippen LogP contribution in [0.4, 0.5) is 4.79 Å². The van der Waals surface area contributed by atoms with Gasteiger partial charge >= 0.3 is 12.1 Å². The number of carbonyl (C=O) groups is 3. The fraction of sp³-hybridized carbons (Fsp3) is 0.370. The predicted molar refractivity (Wildman–Crippen MR) is 126 cm³/mol. The van der Waals surface area contributed by atoms with Gasteiger partial charge in [-0.3, -0.25) is 4.79 Å². The molecular weight excluding hydrogens is 432 g/mol. The van der Waals surface area contributed by atoms with Crippen LogP contribution in [0.1, 0.15) is 43.2 Å². The van der Waals surface area contributed by atoms with Crippen LogP contribution in [0.5, 0.6) is 0 Å². The normalized spacial score (nSPS) is 22.9. The minimum Gasteiger partial charge on any atom is -0.479 e. The monoisotopic (exact) mass is 460 g/mol. The van der Waals surface area contributed by atoms with E-state index in [0.717, 1.165) is 24.0 Å². The number of carboxylic acid groups (broad SMARTS) is 1. The largest absolute Gasteiger partial charge is 0.479 e. The molecule has 2 unspecified atom stereocenters. The van der Waals surface area contributed by atoms with Crippen LogP contribution in [-0.4, -0.2) is 53.2 Å². The van der Waals surface area contributed by atoms with Gasteiger partial charge in [0.2, 0.25) is 5.91 Å². The van der Waals surface area contributed by atoms with E-state index in [1.807, 2.05) is 24.3 Å². The summed E-state index contributed by atoms with van der Waals surface area (Å²) in [4.78, 5) is 38.6. The average molecular weight is 461 g/mol. The number of piperidine rings is 1. The van der Waals surface area contributed by atoms with Gasteiger partial charge in [-0.25, -0.2) is 9.59 Å². The first-order valence-corrected chi connectivity index (χ1v) is 11.7. The summed E-state index contributed by atoms with van der Waals surface area (Å²) in [6.07, 6.45) is 3.25. The maximum atomic E-state index is 12.9. The summed E-state index contributed by atoms with van der Waals surface area (Å²) in [5.41, 5.74) is 4.00. The van der Waals surface area contributed by atoms with Crippen molar-refractivity contribution >= 4 is 18.0 Å². The number of benzene rings is 2. The van der Waals surface area contributed by atoms with Crippen molar-refractivity contribution in [3.8, 4) is 11.1 Å². The molecule has 1 aliphatic heterocycles. The number of nitrogens with one attached hydrogen (secondary N) is 1. The molecule has 0 spiro atoms. The zero-order valence-corrected chi connectivity index (χ0v) is 19.1. The van der Waals surface area contributed by atoms with Crippen molar-refractivity contribution in [1.29, 1.82) is 0 Å². The highest BCUT2D eigenvalue weighted by Crippen LogP contribution is 2.54. The number of ether oxygens (including phenoxy) is 1. The molecule has 1 saturated carbocycles. The lowest BCUT2D eigenvalue weighted by Gasteiger charge is -2.33. The van der Waals surface area contributed by atoms with E-state index >= 15 is 0 Å². The molecule has 1 heterocycles. The standard InChI is InChI=1S/C27H28N2O5/c1-17(24(30)29-14-6-7-18-15-27(18,29)25(31)32)12-13-28-26(33)34-16-23-21-10-4-2-8-19(21)20-9-3-5-11-22(20)23/h2-5,8-12,18,23H,6-7,13-16H2,1H3,(H,28,33)(H,31,32)/b17-12+. The summed E-state index contributed by atoms with van der Waals surface area (Å²) in [6, 6.07) is 16.3. The molecule has 2 aliphatic carbocycles. The number of hydrogen-bond donors (Lipinski definition) is 2. The highest BCUT2D eigenvalue weighted by Gasteiger charge is 2.66. The van der Waals surface area contributed by atoms with Gasteiger partial charge in [-0.05, 0) is 54.4 Å². The fourth-order valence-electron chi connectivity index (χ4n) is 5.58. The summed E-state index contributed by atoms with van der Waals surface area (Å²) in [5.74, 6) is -1.17. The van der Waals surface area contributed by atoms with Crippen molar-refractivity contribution in [3.63, 3.8) is 0 Å². The first kappa shape index (κ1) is 22.2. The van der Waals surface area contributed by atoms with E-state index in [1.165, 1.54) is 16.0 Å². The lowest BCUT2D eigenvalue weighted by molar-refractivity contribution is -0.153. The fourth-order valence-corrected chi connectivity index (χ4v) is 5.58. The molecule has 5 rings (SSSR count). The Bertz CT molecular complexity index is 1140. The topological polar surface area (TPSA) is 95.9 Å². The first-order chi connectivity index (χ1) is 16.4. The summed E-state index contributed by atoms with van der Waals surface area (Å²) >= 11 is 0. The number of fused-ring (bicyclic) bond motifs is 4. The number of carbonyl (C=O) groups excluding carboxylic acids is 2. The highest BCUT2D eigenvalue weighted by atomic mass is 16.5. The van der Waals surface area contributed by atoms with Crippen molar-refractivity contribution in [1.82, 2.24) is 10.2 Å². The number of alkyl carbamates (subject to hydrolysis) is 1. The molecule has 0 aromatic heterocycles. The third-order valence-corrected chi connectivity index (χ3v) is 7.44. The van der Waals surface area contributed by atoms with Crippen LogP contribution < -0.4 is 5.32 Å². The molecule has 3 aliphatic rings. The molecule has 2 aromatic rings. The Morgan fingerprint density at radius 1 is 1.12 bits per heavy atom. The molecule has 1 saturated heterocycles. The van der Waals surface area contributed by atoms with E-state index in [-0.39, 0.29) is 30.9 Å². The van der Waals surface area contributed by atoms with Gasteiger partial charge < -0.3 is 20.1 Å². The lowest BCUT2D eigenvalue weighted by atomic mass is 9.98. The van der Waals surface area contributed by atoms with Crippen molar-refractivity contribution in [2.75, 3.05) is 19.7 Å². The molecular formula is C27H28N2O5. The van der Waals surface area contributed by atoms with Gasteiger partial charge in [-0.15, -0.1) is 0 Å². The molecule has 2 N–H and O–H groups in total. The van der Waals surface area contributed by atoms with E-state index < -0.39 is 17.6 Å². The van der Waals surface area contributed by atoms with E-state index in [4.69, 9.17) is 4.74 Å². The van der Waals surface area contributed by atoms with E-state index in [9.17, 15) is 19.5 Å². The second-order valence-corrected chi connectivity index (χ2v) is 9.32. The van der Waals surface area contributed by atoms with Gasteiger partial charge in [0.25, 0.3) is 0 Å². The molecule has 2 amide bonds. The Morgan fingerprint density at radius 3 is 2.41 bits per heavy atom. The van der Waals surface area contributed by atoms with Crippen LogP contribution in [-0.2, 0) is 14.3 Å². The number of amides is 2. The third kappa shape index (κ3) is 3.65. The van der Waals surface area contributed by atoms with Crippen LogP contribution in [0.25, 0.3) is 11.1 Å². The average Bonchev–Trinajstić information content (AvgIpc) is 3.53. The second-order valence-electron chi connectivity index (χ2n) is 9.32. The van der Waals surface area contributed by atoms with Crippen LogP contribution in [0, 0.1) is 5.92 Å². The summed E-state index contributed by atoms with van der Waals surface area (Å²) in [5, 5.41) is 12.3. The molecule has 2 fully saturated rings. The molecule has 176 valence electrons. The zero-order valence-electron chi connectivity index (χ0n) is 19.1. The van der Waals surface area contributed by atoms with Crippen molar-refractivity contribution in [3.05, 3.63) is 71.3 Å². The smallest absolute Gasteiger partial charge is 0.407 e. The SMILES string of the molecule is C/C(=C\CNC(=O)OCC1c2ccccc2-c2ccccc21)C(=O)N1CCCC2CC21C(=O)O. The molecule has 7 nitrogen and oxygen atoms in total. The van der Waals surface area contributed by atoms with Crippen LogP contribution in [0.15, 0.2) is 60.2 Å². The minimum atomic E-state index is -1.04. The molecule has 2 aromatic carbocycles.